The lowest BCUT2D eigenvalue weighted by Gasteiger charge is -2.22. The van der Waals surface area contributed by atoms with Crippen molar-refractivity contribution in [2.75, 3.05) is 4.90 Å². The zero-order valence-electron chi connectivity index (χ0n) is 13.8. The standard InChI is InChI=1S/C18H14N4O4/c1-11(22-14-8-4-2-6-12(14)16(23)17(22)24)18(25)26-10-21-15-9-5-3-7-13(15)19-20-21/h2-9,11H,10H2,1H3. The van der Waals surface area contributed by atoms with E-state index in [9.17, 15) is 14.4 Å². The van der Waals surface area contributed by atoms with Crippen LogP contribution in [0.1, 0.15) is 17.3 Å². The number of nitrogens with zero attached hydrogens (tertiary/aromatic N) is 4. The van der Waals surface area contributed by atoms with Crippen molar-refractivity contribution in [1.29, 1.82) is 0 Å². The number of hydrogen-bond donors (Lipinski definition) is 0. The summed E-state index contributed by atoms with van der Waals surface area (Å²) < 4.78 is 6.73. The molecule has 0 bridgehead atoms. The molecule has 1 unspecified atom stereocenters. The summed E-state index contributed by atoms with van der Waals surface area (Å²) in [6, 6.07) is 12.9. The summed E-state index contributed by atoms with van der Waals surface area (Å²) in [4.78, 5) is 37.9. The van der Waals surface area contributed by atoms with E-state index in [-0.39, 0.29) is 6.73 Å². The first-order valence-corrected chi connectivity index (χ1v) is 7.99. The zero-order chi connectivity index (χ0) is 18.3. The maximum Gasteiger partial charge on any atom is 0.330 e. The van der Waals surface area contributed by atoms with Gasteiger partial charge < -0.3 is 4.74 Å². The van der Waals surface area contributed by atoms with E-state index in [2.05, 4.69) is 10.3 Å². The van der Waals surface area contributed by atoms with Crippen LogP contribution in [-0.4, -0.2) is 38.7 Å². The Morgan fingerprint density at radius 3 is 2.69 bits per heavy atom. The average molecular weight is 350 g/mol. The third kappa shape index (κ3) is 2.43. The molecule has 8 heteroatoms. The van der Waals surface area contributed by atoms with Crippen molar-refractivity contribution < 1.29 is 19.1 Å². The van der Waals surface area contributed by atoms with Crippen LogP contribution in [0, 0.1) is 0 Å². The maximum atomic E-state index is 12.4. The number of aromatic nitrogens is 3. The van der Waals surface area contributed by atoms with E-state index < -0.39 is 23.7 Å². The molecular formula is C18H14N4O4. The predicted molar refractivity (Wildman–Crippen MR) is 91.3 cm³/mol. The molecule has 8 nitrogen and oxygen atoms in total. The molecule has 0 saturated heterocycles. The number of rotatable bonds is 4. The Hall–Kier alpha value is -3.55. The molecule has 1 atom stereocenters. The number of anilines is 1. The van der Waals surface area contributed by atoms with Crippen molar-refractivity contribution in [3.63, 3.8) is 0 Å². The second-order valence-electron chi connectivity index (χ2n) is 5.87. The first-order chi connectivity index (χ1) is 12.6. The number of ether oxygens (including phenoxy) is 1. The molecule has 1 amide bonds. The van der Waals surface area contributed by atoms with Gasteiger partial charge in [0.15, 0.2) is 6.73 Å². The summed E-state index contributed by atoms with van der Waals surface area (Å²) in [5.41, 5.74) is 2.12. The smallest absolute Gasteiger partial charge is 0.330 e. The Bertz CT molecular complexity index is 1040. The van der Waals surface area contributed by atoms with Crippen LogP contribution in [0.15, 0.2) is 48.5 Å². The first-order valence-electron chi connectivity index (χ1n) is 7.99. The molecule has 0 saturated carbocycles. The molecule has 0 radical (unpaired) electrons. The van der Waals surface area contributed by atoms with E-state index in [0.717, 1.165) is 5.52 Å². The Morgan fingerprint density at radius 2 is 1.85 bits per heavy atom. The lowest BCUT2D eigenvalue weighted by Crippen LogP contribution is -2.43. The van der Waals surface area contributed by atoms with Gasteiger partial charge in [-0.15, -0.1) is 5.10 Å². The molecule has 1 aliphatic rings. The van der Waals surface area contributed by atoms with Gasteiger partial charge in [0.25, 0.3) is 11.7 Å². The van der Waals surface area contributed by atoms with Gasteiger partial charge in [0.1, 0.15) is 11.6 Å². The largest absolute Gasteiger partial charge is 0.441 e. The Balaban J connectivity index is 1.52. The maximum absolute atomic E-state index is 12.4. The van der Waals surface area contributed by atoms with Gasteiger partial charge in [0.2, 0.25) is 0 Å². The van der Waals surface area contributed by atoms with Crippen molar-refractivity contribution in [1.82, 2.24) is 15.0 Å². The van der Waals surface area contributed by atoms with Crippen LogP contribution < -0.4 is 4.90 Å². The minimum Gasteiger partial charge on any atom is -0.441 e. The van der Waals surface area contributed by atoms with Crippen molar-refractivity contribution in [3.8, 4) is 0 Å². The second kappa shape index (κ2) is 6.07. The summed E-state index contributed by atoms with van der Waals surface area (Å²) in [6.07, 6.45) is 0. The third-order valence-corrected chi connectivity index (χ3v) is 4.30. The number of esters is 1. The zero-order valence-corrected chi connectivity index (χ0v) is 13.8. The number of amides is 1. The van der Waals surface area contributed by atoms with E-state index in [1.54, 1.807) is 30.3 Å². The van der Waals surface area contributed by atoms with Crippen molar-refractivity contribution in [2.24, 2.45) is 0 Å². The van der Waals surface area contributed by atoms with E-state index >= 15 is 0 Å². The number of benzene rings is 2. The van der Waals surface area contributed by atoms with Crippen LogP contribution in [0.25, 0.3) is 11.0 Å². The first kappa shape index (κ1) is 15.9. The third-order valence-electron chi connectivity index (χ3n) is 4.30. The van der Waals surface area contributed by atoms with Crippen molar-refractivity contribution in [2.45, 2.75) is 19.7 Å². The lowest BCUT2D eigenvalue weighted by atomic mass is 10.1. The van der Waals surface area contributed by atoms with Crippen LogP contribution in [-0.2, 0) is 21.1 Å². The summed E-state index contributed by atoms with van der Waals surface area (Å²) in [5.74, 6) is -1.99. The molecule has 0 aliphatic carbocycles. The van der Waals surface area contributed by atoms with E-state index in [1.807, 2.05) is 18.2 Å². The average Bonchev–Trinajstić information content (AvgIpc) is 3.19. The number of para-hydroxylation sites is 2. The van der Waals surface area contributed by atoms with Gasteiger partial charge >= 0.3 is 5.97 Å². The molecule has 1 aliphatic heterocycles. The summed E-state index contributed by atoms with van der Waals surface area (Å²) >= 11 is 0. The van der Waals surface area contributed by atoms with E-state index in [4.69, 9.17) is 4.74 Å². The fraction of sp³-hybridized carbons (Fsp3) is 0.167. The highest BCUT2D eigenvalue weighted by atomic mass is 16.5. The molecule has 1 aromatic heterocycles. The number of ketones is 1. The molecule has 4 rings (SSSR count). The minimum atomic E-state index is -0.940. The lowest BCUT2D eigenvalue weighted by molar-refractivity contribution is -0.149. The molecular weight excluding hydrogens is 336 g/mol. The van der Waals surface area contributed by atoms with Crippen molar-refractivity contribution in [3.05, 3.63) is 54.1 Å². The quantitative estimate of drug-likeness (QED) is 0.523. The number of hydrogen-bond acceptors (Lipinski definition) is 6. The number of Topliss-reactive ketones (excluding diaryl/α,β-unsaturated/α-hetero) is 1. The predicted octanol–water partition coefficient (Wildman–Crippen LogP) is 1.55. The van der Waals surface area contributed by atoms with Gasteiger partial charge in [-0.2, -0.15) is 0 Å². The molecule has 2 heterocycles. The topological polar surface area (TPSA) is 94.4 Å². The molecule has 0 N–H and O–H groups in total. The molecule has 3 aromatic rings. The Kier molecular flexibility index (Phi) is 3.72. The summed E-state index contributed by atoms with van der Waals surface area (Å²) in [5, 5.41) is 7.92. The van der Waals surface area contributed by atoms with Crippen LogP contribution in [0.4, 0.5) is 5.69 Å². The monoisotopic (exact) mass is 350 g/mol. The Labute approximate surface area is 148 Å². The number of fused-ring (bicyclic) bond motifs is 2. The summed E-state index contributed by atoms with van der Waals surface area (Å²) in [6.45, 7) is 1.39. The second-order valence-corrected chi connectivity index (χ2v) is 5.87. The fourth-order valence-electron chi connectivity index (χ4n) is 2.96. The van der Waals surface area contributed by atoms with Gasteiger partial charge in [-0.05, 0) is 31.2 Å². The highest BCUT2D eigenvalue weighted by Gasteiger charge is 2.41. The Morgan fingerprint density at radius 1 is 1.12 bits per heavy atom. The number of carbonyl (C=O) groups excluding carboxylic acids is 3. The highest BCUT2D eigenvalue weighted by molar-refractivity contribution is 6.52. The van der Waals surface area contributed by atoms with Gasteiger partial charge in [-0.3, -0.25) is 14.5 Å². The van der Waals surface area contributed by atoms with Crippen LogP contribution in [0.5, 0.6) is 0 Å². The van der Waals surface area contributed by atoms with Gasteiger partial charge in [0.05, 0.1) is 16.8 Å². The normalized spacial score (nSPS) is 14.6. The van der Waals surface area contributed by atoms with Gasteiger partial charge in [0, 0.05) is 0 Å². The molecule has 26 heavy (non-hydrogen) atoms. The molecule has 130 valence electrons. The SMILES string of the molecule is CC(C(=O)OCn1nnc2ccccc21)N1C(=O)C(=O)c2ccccc21. The van der Waals surface area contributed by atoms with Crippen LogP contribution >= 0.6 is 0 Å². The highest BCUT2D eigenvalue weighted by Crippen LogP contribution is 2.30. The number of carbonyl (C=O) groups is 3. The van der Waals surface area contributed by atoms with Gasteiger partial charge in [-0.25, -0.2) is 9.48 Å². The molecule has 0 spiro atoms. The molecule has 0 fully saturated rings. The van der Waals surface area contributed by atoms with Gasteiger partial charge in [-0.1, -0.05) is 29.5 Å². The van der Waals surface area contributed by atoms with Crippen LogP contribution in [0.3, 0.4) is 0 Å². The minimum absolute atomic E-state index is 0.138. The summed E-state index contributed by atoms with van der Waals surface area (Å²) in [7, 11) is 0. The van der Waals surface area contributed by atoms with E-state index in [1.165, 1.54) is 16.5 Å². The van der Waals surface area contributed by atoms with Crippen LogP contribution in [0.2, 0.25) is 0 Å². The fourth-order valence-corrected chi connectivity index (χ4v) is 2.96. The van der Waals surface area contributed by atoms with Crippen molar-refractivity contribution >= 4 is 34.4 Å². The molecule has 2 aromatic carbocycles. The van der Waals surface area contributed by atoms with E-state index in [0.29, 0.717) is 16.8 Å².